The maximum absolute atomic E-state index is 5.72. The van der Waals surface area contributed by atoms with E-state index in [9.17, 15) is 0 Å². The quantitative estimate of drug-likeness (QED) is 0.194. The first-order valence-corrected chi connectivity index (χ1v) is 10.00. The van der Waals surface area contributed by atoms with Crippen LogP contribution in [-0.2, 0) is 13.1 Å². The minimum Gasteiger partial charge on any atom is -0.492 e. The van der Waals surface area contributed by atoms with Crippen LogP contribution in [0.3, 0.4) is 0 Å². The van der Waals surface area contributed by atoms with Gasteiger partial charge in [0, 0.05) is 25.5 Å². The fourth-order valence-electron chi connectivity index (χ4n) is 2.96. The molecule has 6 nitrogen and oxygen atoms in total. The molecule has 30 heavy (non-hydrogen) atoms. The van der Waals surface area contributed by atoms with Crippen LogP contribution in [0.5, 0.6) is 5.75 Å². The lowest BCUT2D eigenvalue weighted by Crippen LogP contribution is -2.39. The number of nitrogens with one attached hydrogen (secondary N) is 2. The maximum Gasteiger partial charge on any atom is 0.191 e. The Morgan fingerprint density at radius 1 is 1.07 bits per heavy atom. The van der Waals surface area contributed by atoms with Crippen LogP contribution in [0.1, 0.15) is 23.9 Å². The summed E-state index contributed by atoms with van der Waals surface area (Å²) in [5, 5.41) is 6.60. The number of rotatable bonds is 9. The van der Waals surface area contributed by atoms with Gasteiger partial charge in [-0.25, -0.2) is 9.98 Å². The van der Waals surface area contributed by atoms with Crippen molar-refractivity contribution < 1.29 is 4.74 Å². The molecule has 1 aromatic heterocycles. The van der Waals surface area contributed by atoms with Crippen molar-refractivity contribution in [2.45, 2.75) is 26.9 Å². The number of ether oxygens (including phenoxy) is 1. The van der Waals surface area contributed by atoms with E-state index in [2.05, 4.69) is 51.4 Å². The van der Waals surface area contributed by atoms with Crippen molar-refractivity contribution in [3.8, 4) is 5.75 Å². The first-order valence-electron chi connectivity index (χ1n) is 10.00. The molecule has 160 valence electrons. The van der Waals surface area contributed by atoms with Gasteiger partial charge in [0.15, 0.2) is 5.96 Å². The molecule has 0 aliphatic rings. The van der Waals surface area contributed by atoms with Gasteiger partial charge in [-0.05, 0) is 37.1 Å². The molecule has 0 unspecified atom stereocenters. The molecule has 3 rings (SSSR count). The molecule has 2 aromatic carbocycles. The Balaban J connectivity index is 0.00000320. The molecule has 0 fully saturated rings. The number of hydrogen-bond donors (Lipinski definition) is 2. The summed E-state index contributed by atoms with van der Waals surface area (Å²) in [6, 6.07) is 18.4. The average Bonchev–Trinajstić information content (AvgIpc) is 3.15. The van der Waals surface area contributed by atoms with Gasteiger partial charge in [0.2, 0.25) is 0 Å². The normalized spacial score (nSPS) is 10.9. The molecule has 0 spiro atoms. The van der Waals surface area contributed by atoms with Crippen LogP contribution in [0.2, 0.25) is 0 Å². The lowest BCUT2D eigenvalue weighted by molar-refractivity contribution is 0.322. The largest absolute Gasteiger partial charge is 0.492 e. The molecular formula is C23H30IN5O. The second-order valence-electron chi connectivity index (χ2n) is 6.71. The monoisotopic (exact) mass is 519 g/mol. The van der Waals surface area contributed by atoms with E-state index in [4.69, 9.17) is 9.73 Å². The highest BCUT2D eigenvalue weighted by Crippen LogP contribution is 2.10. The molecule has 0 atom stereocenters. The highest BCUT2D eigenvalue weighted by atomic mass is 127. The van der Waals surface area contributed by atoms with Crippen LogP contribution in [0.25, 0.3) is 0 Å². The van der Waals surface area contributed by atoms with E-state index in [1.807, 2.05) is 49.6 Å². The number of para-hydroxylation sites is 1. The molecule has 0 saturated heterocycles. The molecule has 0 aliphatic heterocycles. The number of nitrogens with zero attached hydrogens (tertiary/aromatic N) is 3. The number of aryl methyl sites for hydroxylation is 1. The average molecular weight is 519 g/mol. The summed E-state index contributed by atoms with van der Waals surface area (Å²) in [4.78, 5) is 8.99. The van der Waals surface area contributed by atoms with E-state index in [-0.39, 0.29) is 24.0 Å². The van der Waals surface area contributed by atoms with Crippen molar-refractivity contribution in [1.29, 1.82) is 0 Å². The van der Waals surface area contributed by atoms with Gasteiger partial charge in [-0.15, -0.1) is 24.0 Å². The van der Waals surface area contributed by atoms with Gasteiger partial charge in [0.05, 0.1) is 13.1 Å². The molecule has 0 saturated carbocycles. The van der Waals surface area contributed by atoms with Crippen LogP contribution < -0.4 is 15.4 Å². The first-order chi connectivity index (χ1) is 14.2. The SMILES string of the molecule is CCNC(=NCc1cccc(Cn2ccnc2C)c1)NCCOc1ccccc1.I. The van der Waals surface area contributed by atoms with Crippen LogP contribution in [0.4, 0.5) is 0 Å². The second-order valence-corrected chi connectivity index (χ2v) is 6.71. The van der Waals surface area contributed by atoms with Gasteiger partial charge in [0.25, 0.3) is 0 Å². The lowest BCUT2D eigenvalue weighted by Gasteiger charge is -2.12. The van der Waals surface area contributed by atoms with Gasteiger partial charge in [-0.3, -0.25) is 0 Å². The molecule has 0 radical (unpaired) electrons. The standard InChI is InChI=1S/C23H29N5O.HI/c1-3-24-23(26-13-15-29-22-10-5-4-6-11-22)27-17-20-8-7-9-21(16-20)18-28-14-12-25-19(28)2;/h4-12,14,16H,3,13,15,17-18H2,1-2H3,(H2,24,26,27);1H. The zero-order valence-corrected chi connectivity index (χ0v) is 19.9. The van der Waals surface area contributed by atoms with Crippen molar-refractivity contribution in [1.82, 2.24) is 20.2 Å². The zero-order valence-electron chi connectivity index (χ0n) is 17.5. The van der Waals surface area contributed by atoms with Crippen molar-refractivity contribution in [2.24, 2.45) is 4.99 Å². The smallest absolute Gasteiger partial charge is 0.191 e. The zero-order chi connectivity index (χ0) is 20.3. The molecular weight excluding hydrogens is 489 g/mol. The first kappa shape index (κ1) is 23.7. The number of benzene rings is 2. The van der Waals surface area contributed by atoms with Gasteiger partial charge in [-0.2, -0.15) is 0 Å². The van der Waals surface area contributed by atoms with E-state index >= 15 is 0 Å². The van der Waals surface area contributed by atoms with Crippen LogP contribution >= 0.6 is 24.0 Å². The van der Waals surface area contributed by atoms with E-state index in [1.54, 1.807) is 0 Å². The summed E-state index contributed by atoms with van der Waals surface area (Å²) in [6.07, 6.45) is 3.84. The third-order valence-electron chi connectivity index (χ3n) is 4.44. The number of hydrogen-bond acceptors (Lipinski definition) is 3. The summed E-state index contributed by atoms with van der Waals surface area (Å²) in [5.74, 6) is 2.69. The third kappa shape index (κ3) is 7.70. The van der Waals surface area contributed by atoms with Gasteiger partial charge < -0.3 is 19.9 Å². The molecule has 1 heterocycles. The van der Waals surface area contributed by atoms with Gasteiger partial charge >= 0.3 is 0 Å². The summed E-state index contributed by atoms with van der Waals surface area (Å²) >= 11 is 0. The topological polar surface area (TPSA) is 63.5 Å². The Kier molecular flexibility index (Phi) is 10.2. The van der Waals surface area contributed by atoms with E-state index in [1.165, 1.54) is 11.1 Å². The van der Waals surface area contributed by atoms with E-state index in [0.29, 0.717) is 19.7 Å². The van der Waals surface area contributed by atoms with Crippen LogP contribution in [0, 0.1) is 6.92 Å². The Morgan fingerprint density at radius 3 is 2.60 bits per heavy atom. The predicted octanol–water partition coefficient (Wildman–Crippen LogP) is 3.99. The van der Waals surface area contributed by atoms with Crippen LogP contribution in [-0.4, -0.2) is 35.2 Å². The van der Waals surface area contributed by atoms with Gasteiger partial charge in [-0.1, -0.05) is 42.5 Å². The minimum atomic E-state index is 0. The number of aliphatic imine (C=N–C) groups is 1. The third-order valence-corrected chi connectivity index (χ3v) is 4.44. The lowest BCUT2D eigenvalue weighted by atomic mass is 10.1. The minimum absolute atomic E-state index is 0. The van der Waals surface area contributed by atoms with Crippen molar-refractivity contribution >= 4 is 29.9 Å². The highest BCUT2D eigenvalue weighted by molar-refractivity contribution is 14.0. The summed E-state index contributed by atoms with van der Waals surface area (Å²) in [5.41, 5.74) is 2.42. The highest BCUT2D eigenvalue weighted by Gasteiger charge is 2.02. The number of halogens is 1. The Morgan fingerprint density at radius 2 is 1.87 bits per heavy atom. The summed E-state index contributed by atoms with van der Waals surface area (Å²) < 4.78 is 7.86. The van der Waals surface area contributed by atoms with Crippen molar-refractivity contribution in [2.75, 3.05) is 19.7 Å². The molecule has 3 aromatic rings. The van der Waals surface area contributed by atoms with Crippen molar-refractivity contribution in [3.63, 3.8) is 0 Å². The molecule has 2 N–H and O–H groups in total. The van der Waals surface area contributed by atoms with E-state index < -0.39 is 0 Å². The molecule has 0 bridgehead atoms. The summed E-state index contributed by atoms with van der Waals surface area (Å²) in [6.45, 7) is 7.58. The van der Waals surface area contributed by atoms with Crippen molar-refractivity contribution in [3.05, 3.63) is 83.9 Å². The number of imidazole rings is 1. The molecule has 0 aliphatic carbocycles. The summed E-state index contributed by atoms with van der Waals surface area (Å²) in [7, 11) is 0. The fourth-order valence-corrected chi connectivity index (χ4v) is 2.96. The molecule has 0 amide bonds. The number of aromatic nitrogens is 2. The maximum atomic E-state index is 5.72. The Hall–Kier alpha value is -2.55. The molecule has 7 heteroatoms. The fraction of sp³-hybridized carbons (Fsp3) is 0.304. The Bertz CT molecular complexity index is 911. The number of guanidine groups is 1. The van der Waals surface area contributed by atoms with E-state index in [0.717, 1.165) is 30.6 Å². The predicted molar refractivity (Wildman–Crippen MR) is 133 cm³/mol. The second kappa shape index (κ2) is 12.9. The van der Waals surface area contributed by atoms with Gasteiger partial charge in [0.1, 0.15) is 18.2 Å². The van der Waals surface area contributed by atoms with Crippen LogP contribution in [0.15, 0.2) is 72.0 Å². The Labute approximate surface area is 195 Å².